The van der Waals surface area contributed by atoms with E-state index in [1.165, 1.54) is 5.56 Å². The van der Waals surface area contributed by atoms with E-state index in [0.29, 0.717) is 18.5 Å². The van der Waals surface area contributed by atoms with Gasteiger partial charge in [-0.1, -0.05) is 43.6 Å². The van der Waals surface area contributed by atoms with Gasteiger partial charge >= 0.3 is 0 Å². The number of halogens is 1. The topological polar surface area (TPSA) is 29.3 Å². The van der Waals surface area contributed by atoms with Gasteiger partial charge in [-0.25, -0.2) is 0 Å². The highest BCUT2D eigenvalue weighted by Gasteiger charge is 2.15. The summed E-state index contributed by atoms with van der Waals surface area (Å²) in [6, 6.07) is 8.41. The molecule has 0 aliphatic carbocycles. The van der Waals surface area contributed by atoms with Crippen LogP contribution in [-0.2, 0) is 6.54 Å². The van der Waals surface area contributed by atoms with E-state index in [-0.39, 0.29) is 0 Å². The highest BCUT2D eigenvalue weighted by atomic mass is 35.5. The third-order valence-corrected chi connectivity index (χ3v) is 3.39. The summed E-state index contributed by atoms with van der Waals surface area (Å²) in [5, 5.41) is 0.833. The van der Waals surface area contributed by atoms with Crippen LogP contribution >= 0.6 is 11.6 Å². The smallest absolute Gasteiger partial charge is 0.0451 e. The van der Waals surface area contributed by atoms with Crippen LogP contribution in [0.2, 0.25) is 5.02 Å². The Bertz CT molecular complexity index is 339. The van der Waals surface area contributed by atoms with Gasteiger partial charge in [-0.15, -0.1) is 0 Å². The number of hydrogen-bond donors (Lipinski definition) is 1. The van der Waals surface area contributed by atoms with Crippen molar-refractivity contribution in [2.75, 3.05) is 13.6 Å². The maximum absolute atomic E-state index is 6.16. The van der Waals surface area contributed by atoms with Crippen LogP contribution in [-0.4, -0.2) is 24.5 Å². The van der Waals surface area contributed by atoms with Crippen molar-refractivity contribution in [3.05, 3.63) is 34.9 Å². The fraction of sp³-hybridized carbons (Fsp3) is 0.571. The third-order valence-electron chi connectivity index (χ3n) is 3.02. The van der Waals surface area contributed by atoms with Crippen LogP contribution in [0.4, 0.5) is 0 Å². The van der Waals surface area contributed by atoms with Crippen LogP contribution in [0, 0.1) is 5.92 Å². The molecule has 0 fully saturated rings. The molecule has 96 valence electrons. The van der Waals surface area contributed by atoms with Crippen molar-refractivity contribution in [3.8, 4) is 0 Å². The summed E-state index contributed by atoms with van der Waals surface area (Å²) in [5.74, 6) is 0.664. The normalized spacial score (nSPS) is 13.4. The third kappa shape index (κ3) is 4.66. The first-order chi connectivity index (χ1) is 8.04. The average Bonchev–Trinajstić information content (AvgIpc) is 2.28. The molecule has 0 saturated heterocycles. The lowest BCUT2D eigenvalue weighted by Gasteiger charge is -2.28. The van der Waals surface area contributed by atoms with E-state index in [1.54, 1.807) is 0 Å². The van der Waals surface area contributed by atoms with Crippen molar-refractivity contribution in [2.24, 2.45) is 11.7 Å². The fourth-order valence-electron chi connectivity index (χ4n) is 2.02. The van der Waals surface area contributed by atoms with Gasteiger partial charge < -0.3 is 5.73 Å². The molecule has 0 heterocycles. The molecule has 1 aromatic carbocycles. The Balaban J connectivity index is 2.64. The first kappa shape index (κ1) is 14.5. The van der Waals surface area contributed by atoms with Crippen LogP contribution in [0.25, 0.3) is 0 Å². The molecule has 0 radical (unpaired) electrons. The van der Waals surface area contributed by atoms with Crippen molar-refractivity contribution in [2.45, 2.75) is 32.9 Å². The number of nitrogens with zero attached hydrogens (tertiary/aromatic N) is 1. The number of likely N-dealkylation sites (N-methyl/N-ethyl adjacent to an activating group) is 1. The minimum absolute atomic E-state index is 0.422. The van der Waals surface area contributed by atoms with E-state index in [0.717, 1.165) is 18.0 Å². The molecular formula is C14H23ClN2. The number of hydrogen-bond acceptors (Lipinski definition) is 2. The quantitative estimate of drug-likeness (QED) is 0.845. The van der Waals surface area contributed by atoms with Gasteiger partial charge in [0.1, 0.15) is 0 Å². The predicted octanol–water partition coefficient (Wildman–Crippen LogP) is 3.15. The van der Waals surface area contributed by atoms with Crippen molar-refractivity contribution in [1.29, 1.82) is 0 Å². The van der Waals surface area contributed by atoms with E-state index in [1.807, 2.05) is 18.2 Å². The van der Waals surface area contributed by atoms with Gasteiger partial charge in [-0.05, 0) is 31.0 Å². The minimum atomic E-state index is 0.422. The zero-order valence-electron chi connectivity index (χ0n) is 11.0. The van der Waals surface area contributed by atoms with Crippen LogP contribution in [0.15, 0.2) is 24.3 Å². The number of benzene rings is 1. The molecule has 1 aromatic rings. The number of nitrogens with two attached hydrogens (primary N) is 1. The summed E-state index contributed by atoms with van der Waals surface area (Å²) in [5.41, 5.74) is 7.00. The van der Waals surface area contributed by atoms with Crippen molar-refractivity contribution in [1.82, 2.24) is 4.90 Å². The van der Waals surface area contributed by atoms with Crippen LogP contribution in [0.1, 0.15) is 25.8 Å². The Morgan fingerprint density at radius 3 is 2.47 bits per heavy atom. The minimum Gasteiger partial charge on any atom is -0.329 e. The van der Waals surface area contributed by atoms with E-state index in [4.69, 9.17) is 17.3 Å². The molecule has 0 spiro atoms. The first-order valence-electron chi connectivity index (χ1n) is 6.18. The Labute approximate surface area is 110 Å². The van der Waals surface area contributed by atoms with Gasteiger partial charge in [-0.3, -0.25) is 4.90 Å². The fourth-order valence-corrected chi connectivity index (χ4v) is 2.22. The molecular weight excluding hydrogens is 232 g/mol. The highest BCUT2D eigenvalue weighted by molar-refractivity contribution is 6.31. The molecule has 0 bridgehead atoms. The van der Waals surface area contributed by atoms with Gasteiger partial charge in [0, 0.05) is 24.2 Å². The van der Waals surface area contributed by atoms with Gasteiger partial charge in [0.05, 0.1) is 0 Å². The van der Waals surface area contributed by atoms with Crippen molar-refractivity contribution < 1.29 is 0 Å². The monoisotopic (exact) mass is 254 g/mol. The summed E-state index contributed by atoms with van der Waals surface area (Å²) in [6.07, 6.45) is 1.12. The molecule has 2 N–H and O–H groups in total. The van der Waals surface area contributed by atoms with E-state index in [9.17, 15) is 0 Å². The standard InChI is InChI=1S/C14H23ClN2/c1-11(2)8-13(9-16)17(3)10-12-6-4-5-7-14(12)15/h4-7,11,13H,8-10,16H2,1-3H3. The second-order valence-corrected chi connectivity index (χ2v) is 5.43. The largest absolute Gasteiger partial charge is 0.329 e. The summed E-state index contributed by atoms with van der Waals surface area (Å²) in [4.78, 5) is 2.29. The van der Waals surface area contributed by atoms with E-state index in [2.05, 4.69) is 31.9 Å². The molecule has 2 nitrogen and oxygen atoms in total. The molecule has 1 atom stereocenters. The Morgan fingerprint density at radius 2 is 1.94 bits per heavy atom. The molecule has 1 rings (SSSR count). The van der Waals surface area contributed by atoms with Crippen molar-refractivity contribution >= 4 is 11.6 Å². The van der Waals surface area contributed by atoms with Crippen LogP contribution in [0.5, 0.6) is 0 Å². The molecule has 1 unspecified atom stereocenters. The molecule has 0 aliphatic heterocycles. The number of rotatable bonds is 6. The maximum atomic E-state index is 6.16. The molecule has 3 heteroatoms. The summed E-state index contributed by atoms with van der Waals surface area (Å²) in [6.45, 7) is 6.01. The zero-order valence-corrected chi connectivity index (χ0v) is 11.7. The van der Waals surface area contributed by atoms with Crippen molar-refractivity contribution in [3.63, 3.8) is 0 Å². The summed E-state index contributed by atoms with van der Waals surface area (Å²) < 4.78 is 0. The SMILES string of the molecule is CC(C)CC(CN)N(C)Cc1ccccc1Cl. The van der Waals surface area contributed by atoms with Gasteiger partial charge in [0.2, 0.25) is 0 Å². The summed E-state index contributed by atoms with van der Waals surface area (Å²) >= 11 is 6.16. The second-order valence-electron chi connectivity index (χ2n) is 5.03. The molecule has 0 amide bonds. The van der Waals surface area contributed by atoms with Gasteiger partial charge in [0.25, 0.3) is 0 Å². The zero-order chi connectivity index (χ0) is 12.8. The second kappa shape index (κ2) is 7.00. The summed E-state index contributed by atoms with van der Waals surface area (Å²) in [7, 11) is 2.11. The molecule has 17 heavy (non-hydrogen) atoms. The lowest BCUT2D eigenvalue weighted by molar-refractivity contribution is 0.210. The lowest BCUT2D eigenvalue weighted by Crippen LogP contribution is -2.38. The lowest BCUT2D eigenvalue weighted by atomic mass is 10.0. The Kier molecular flexibility index (Phi) is 5.96. The molecule has 0 saturated carbocycles. The maximum Gasteiger partial charge on any atom is 0.0451 e. The molecule has 0 aromatic heterocycles. The highest BCUT2D eigenvalue weighted by Crippen LogP contribution is 2.18. The first-order valence-corrected chi connectivity index (χ1v) is 6.56. The van der Waals surface area contributed by atoms with Gasteiger partial charge in [-0.2, -0.15) is 0 Å². The Hall–Kier alpha value is -0.570. The average molecular weight is 255 g/mol. The predicted molar refractivity (Wildman–Crippen MR) is 75.2 cm³/mol. The van der Waals surface area contributed by atoms with E-state index >= 15 is 0 Å². The van der Waals surface area contributed by atoms with E-state index < -0.39 is 0 Å². The van der Waals surface area contributed by atoms with Crippen LogP contribution < -0.4 is 5.73 Å². The Morgan fingerprint density at radius 1 is 1.29 bits per heavy atom. The van der Waals surface area contributed by atoms with Gasteiger partial charge in [0.15, 0.2) is 0 Å². The van der Waals surface area contributed by atoms with Crippen LogP contribution in [0.3, 0.4) is 0 Å². The molecule has 0 aliphatic rings.